The number of hydrogen-bond donors (Lipinski definition) is 1. The maximum absolute atomic E-state index is 12.3. The molecule has 1 aromatic heterocycles. The molecule has 2 aromatic carbocycles. The fourth-order valence-corrected chi connectivity index (χ4v) is 3.23. The Morgan fingerprint density at radius 1 is 1.24 bits per heavy atom. The first kappa shape index (κ1) is 20.3. The summed E-state index contributed by atoms with van der Waals surface area (Å²) in [6.07, 6.45) is 1.94. The van der Waals surface area contributed by atoms with Crippen LogP contribution in [0.2, 0.25) is 0 Å². The zero-order valence-corrected chi connectivity index (χ0v) is 16.3. The molecular formula is C19H18N4O5S. The van der Waals surface area contributed by atoms with Crippen molar-refractivity contribution in [3.8, 4) is 0 Å². The SMILES string of the molecule is CSCc1nc2ccccc2n1CC(=O)OCC(=O)Nc1cccc([N+](=O)[O-])c1. The van der Waals surface area contributed by atoms with Crippen molar-refractivity contribution >= 4 is 46.0 Å². The number of nitro benzene ring substituents is 1. The number of ether oxygens (including phenoxy) is 1. The van der Waals surface area contributed by atoms with Crippen LogP contribution in [0.5, 0.6) is 0 Å². The topological polar surface area (TPSA) is 116 Å². The van der Waals surface area contributed by atoms with Crippen molar-refractivity contribution in [3.05, 3.63) is 64.5 Å². The van der Waals surface area contributed by atoms with Gasteiger partial charge in [0.05, 0.1) is 21.7 Å². The number of carbonyl (C=O) groups excluding carboxylic acids is 2. The van der Waals surface area contributed by atoms with Crippen LogP contribution in [0.3, 0.4) is 0 Å². The molecule has 0 aliphatic carbocycles. The first-order valence-electron chi connectivity index (χ1n) is 8.61. The average molecular weight is 414 g/mol. The van der Waals surface area contributed by atoms with E-state index in [4.69, 9.17) is 4.74 Å². The Morgan fingerprint density at radius 2 is 2.03 bits per heavy atom. The number of anilines is 1. The number of amides is 1. The zero-order chi connectivity index (χ0) is 20.8. The number of non-ortho nitro benzene ring substituents is 1. The number of carbonyl (C=O) groups is 2. The minimum Gasteiger partial charge on any atom is -0.454 e. The molecule has 0 fully saturated rings. The highest BCUT2D eigenvalue weighted by Crippen LogP contribution is 2.19. The van der Waals surface area contributed by atoms with Crippen LogP contribution in [0.4, 0.5) is 11.4 Å². The number of benzene rings is 2. The van der Waals surface area contributed by atoms with E-state index in [-0.39, 0.29) is 17.9 Å². The summed E-state index contributed by atoms with van der Waals surface area (Å²) in [5.74, 6) is 0.218. The second-order valence-corrected chi connectivity index (χ2v) is 6.92. The molecular weight excluding hydrogens is 396 g/mol. The van der Waals surface area contributed by atoms with Crippen LogP contribution in [0.1, 0.15) is 5.82 Å². The predicted molar refractivity (Wildman–Crippen MR) is 110 cm³/mol. The lowest BCUT2D eigenvalue weighted by Crippen LogP contribution is -2.23. The van der Waals surface area contributed by atoms with Gasteiger partial charge in [-0.1, -0.05) is 18.2 Å². The summed E-state index contributed by atoms with van der Waals surface area (Å²) < 4.78 is 6.84. The van der Waals surface area contributed by atoms with Crippen molar-refractivity contribution in [3.63, 3.8) is 0 Å². The molecule has 0 unspecified atom stereocenters. The Labute approximate surface area is 170 Å². The van der Waals surface area contributed by atoms with Gasteiger partial charge in [0.2, 0.25) is 0 Å². The fraction of sp³-hybridized carbons (Fsp3) is 0.211. The molecule has 3 aromatic rings. The molecule has 0 bridgehead atoms. The van der Waals surface area contributed by atoms with Crippen LogP contribution in [0.15, 0.2) is 48.5 Å². The lowest BCUT2D eigenvalue weighted by Gasteiger charge is -2.09. The monoisotopic (exact) mass is 414 g/mol. The molecule has 1 heterocycles. The maximum atomic E-state index is 12.3. The van der Waals surface area contributed by atoms with E-state index in [1.54, 1.807) is 16.3 Å². The molecule has 0 saturated carbocycles. The second-order valence-electron chi connectivity index (χ2n) is 6.05. The number of aromatic nitrogens is 2. The molecule has 0 radical (unpaired) electrons. The third-order valence-corrected chi connectivity index (χ3v) is 4.55. The minimum absolute atomic E-state index is 0.0690. The molecule has 1 N–H and O–H groups in total. The number of fused-ring (bicyclic) bond motifs is 1. The van der Waals surface area contributed by atoms with Gasteiger partial charge in [-0.25, -0.2) is 4.98 Å². The van der Waals surface area contributed by atoms with Gasteiger partial charge in [0.25, 0.3) is 11.6 Å². The van der Waals surface area contributed by atoms with Gasteiger partial charge in [-0.05, 0) is 24.5 Å². The smallest absolute Gasteiger partial charge is 0.326 e. The number of nitrogens with zero attached hydrogens (tertiary/aromatic N) is 3. The van der Waals surface area contributed by atoms with Crippen molar-refractivity contribution in [2.24, 2.45) is 0 Å². The standard InChI is InChI=1S/C19H18N4O5S/c1-29-12-17-21-15-7-2-3-8-16(15)22(17)10-19(25)28-11-18(24)20-13-5-4-6-14(9-13)23(26)27/h2-9H,10-12H2,1H3,(H,20,24). The van der Waals surface area contributed by atoms with E-state index in [1.165, 1.54) is 24.3 Å². The predicted octanol–water partition coefficient (Wildman–Crippen LogP) is 2.99. The Morgan fingerprint density at radius 3 is 2.79 bits per heavy atom. The van der Waals surface area contributed by atoms with Gasteiger partial charge in [0.1, 0.15) is 12.4 Å². The highest BCUT2D eigenvalue weighted by atomic mass is 32.2. The number of imidazole rings is 1. The quantitative estimate of drug-likeness (QED) is 0.342. The fourth-order valence-electron chi connectivity index (χ4n) is 2.76. The van der Waals surface area contributed by atoms with Crippen LogP contribution < -0.4 is 5.32 Å². The van der Waals surface area contributed by atoms with Gasteiger partial charge in [0, 0.05) is 17.8 Å². The van der Waals surface area contributed by atoms with Gasteiger partial charge >= 0.3 is 5.97 Å². The number of nitro groups is 1. The van der Waals surface area contributed by atoms with Gasteiger partial charge in [-0.15, -0.1) is 0 Å². The Bertz CT molecular complexity index is 1070. The molecule has 0 atom stereocenters. The summed E-state index contributed by atoms with van der Waals surface area (Å²) in [6, 6.07) is 13.0. The van der Waals surface area contributed by atoms with Crippen LogP contribution in [0, 0.1) is 10.1 Å². The molecule has 9 nitrogen and oxygen atoms in total. The largest absolute Gasteiger partial charge is 0.454 e. The molecule has 29 heavy (non-hydrogen) atoms. The number of esters is 1. The van der Waals surface area contributed by atoms with E-state index in [0.29, 0.717) is 5.75 Å². The number of hydrogen-bond acceptors (Lipinski definition) is 7. The molecule has 0 aliphatic heterocycles. The molecule has 0 saturated heterocycles. The van der Waals surface area contributed by atoms with E-state index in [0.717, 1.165) is 16.9 Å². The van der Waals surface area contributed by atoms with Crippen LogP contribution in [0.25, 0.3) is 11.0 Å². The van der Waals surface area contributed by atoms with Crippen molar-refractivity contribution in [1.29, 1.82) is 0 Å². The number of rotatable bonds is 8. The highest BCUT2D eigenvalue weighted by Gasteiger charge is 2.15. The van der Waals surface area contributed by atoms with E-state index in [9.17, 15) is 19.7 Å². The first-order valence-corrected chi connectivity index (χ1v) is 10.0. The lowest BCUT2D eigenvalue weighted by molar-refractivity contribution is -0.384. The maximum Gasteiger partial charge on any atom is 0.326 e. The third kappa shape index (κ3) is 5.11. The molecule has 0 aliphatic rings. The molecule has 0 spiro atoms. The molecule has 150 valence electrons. The summed E-state index contributed by atoms with van der Waals surface area (Å²) in [5, 5.41) is 13.3. The Balaban J connectivity index is 1.61. The van der Waals surface area contributed by atoms with Crippen molar-refractivity contribution in [1.82, 2.24) is 9.55 Å². The van der Waals surface area contributed by atoms with Gasteiger partial charge in [-0.2, -0.15) is 11.8 Å². The number of thioether (sulfide) groups is 1. The average Bonchev–Trinajstić information content (AvgIpc) is 3.04. The van der Waals surface area contributed by atoms with Crippen molar-refractivity contribution < 1.29 is 19.2 Å². The number of nitrogens with one attached hydrogen (secondary N) is 1. The second kappa shape index (κ2) is 9.20. The Kier molecular flexibility index (Phi) is 6.45. The highest BCUT2D eigenvalue weighted by molar-refractivity contribution is 7.97. The normalized spacial score (nSPS) is 10.7. The van der Waals surface area contributed by atoms with Crippen LogP contribution in [-0.2, 0) is 26.6 Å². The Hall–Kier alpha value is -3.40. The number of para-hydroxylation sites is 2. The summed E-state index contributed by atoms with van der Waals surface area (Å²) >= 11 is 1.59. The summed E-state index contributed by atoms with van der Waals surface area (Å²) in [4.78, 5) is 39.0. The summed E-state index contributed by atoms with van der Waals surface area (Å²) in [6.45, 7) is -0.563. The van der Waals surface area contributed by atoms with Crippen LogP contribution in [-0.4, -0.2) is 39.2 Å². The first-order chi connectivity index (χ1) is 14.0. The van der Waals surface area contributed by atoms with E-state index in [2.05, 4.69) is 10.3 Å². The van der Waals surface area contributed by atoms with E-state index >= 15 is 0 Å². The summed E-state index contributed by atoms with van der Waals surface area (Å²) in [7, 11) is 0. The third-order valence-electron chi connectivity index (χ3n) is 4.00. The minimum atomic E-state index is -0.585. The molecule has 1 amide bonds. The van der Waals surface area contributed by atoms with Gasteiger partial charge in [0.15, 0.2) is 6.61 Å². The van der Waals surface area contributed by atoms with Gasteiger partial charge in [-0.3, -0.25) is 19.7 Å². The van der Waals surface area contributed by atoms with Crippen molar-refractivity contribution in [2.45, 2.75) is 12.3 Å². The summed E-state index contributed by atoms with van der Waals surface area (Å²) in [5.41, 5.74) is 1.71. The zero-order valence-electron chi connectivity index (χ0n) is 15.5. The molecule has 3 rings (SSSR count). The van der Waals surface area contributed by atoms with Gasteiger partial charge < -0.3 is 14.6 Å². The lowest BCUT2D eigenvalue weighted by atomic mass is 10.3. The van der Waals surface area contributed by atoms with Crippen LogP contribution >= 0.6 is 11.8 Å². The van der Waals surface area contributed by atoms with E-state index < -0.39 is 23.4 Å². The molecule has 10 heteroatoms. The van der Waals surface area contributed by atoms with E-state index in [1.807, 2.05) is 30.5 Å². The van der Waals surface area contributed by atoms with Crippen molar-refractivity contribution in [2.75, 3.05) is 18.2 Å².